The molecule has 7 atom stereocenters. The molecule has 0 amide bonds. The highest BCUT2D eigenvalue weighted by Gasteiger charge is 2.58. The first-order chi connectivity index (χ1) is 14.2. The first kappa shape index (κ1) is 21.5. The average molecular weight is 416 g/mol. The van der Waals surface area contributed by atoms with Gasteiger partial charge in [0.25, 0.3) is 0 Å². The Kier molecular flexibility index (Phi) is 5.82. The van der Waals surface area contributed by atoms with Gasteiger partial charge < -0.3 is 9.84 Å². The van der Waals surface area contributed by atoms with Gasteiger partial charge in [-0.05, 0) is 68.1 Å². The van der Waals surface area contributed by atoms with E-state index in [1.807, 2.05) is 4.68 Å². The van der Waals surface area contributed by atoms with Gasteiger partial charge in [0, 0.05) is 25.3 Å². The van der Waals surface area contributed by atoms with Crippen LogP contribution in [0.4, 0.5) is 0 Å². The molecule has 3 aliphatic rings. The van der Waals surface area contributed by atoms with Gasteiger partial charge in [-0.25, -0.2) is 4.98 Å². The number of hydrogen-bond donors (Lipinski definition) is 1. The van der Waals surface area contributed by atoms with Gasteiger partial charge in [0.05, 0.1) is 6.10 Å². The first-order valence-electron chi connectivity index (χ1n) is 11.6. The molecule has 0 radical (unpaired) electrons. The molecule has 6 nitrogen and oxygen atoms in total. The Hall–Kier alpha value is -1.69. The lowest BCUT2D eigenvalue weighted by Gasteiger charge is -2.56. The van der Waals surface area contributed by atoms with Crippen LogP contribution in [0.3, 0.4) is 0 Å². The molecule has 3 fully saturated rings. The van der Waals surface area contributed by atoms with E-state index in [0.29, 0.717) is 17.8 Å². The van der Waals surface area contributed by atoms with E-state index >= 15 is 0 Å². The highest BCUT2D eigenvalue weighted by Crippen LogP contribution is 2.62. The first-order valence-corrected chi connectivity index (χ1v) is 11.6. The largest absolute Gasteiger partial charge is 0.462 e. The molecule has 3 saturated carbocycles. The maximum Gasteiger partial charge on any atom is 0.302 e. The van der Waals surface area contributed by atoms with E-state index in [2.05, 4.69) is 30.5 Å². The van der Waals surface area contributed by atoms with Gasteiger partial charge in [-0.15, -0.1) is 0 Å². The minimum absolute atomic E-state index is 0.0329. The number of allylic oxidation sites excluding steroid dienone is 1. The zero-order valence-corrected chi connectivity index (χ0v) is 18.7. The van der Waals surface area contributed by atoms with E-state index in [9.17, 15) is 9.90 Å². The molecule has 166 valence electrons. The SMILES string of the molecule is C=C1CC[C@@H]2[C@H](OC(C)=O)[C@H]([C@@]3(C)CC[C@H](O)C[C@@H]3CCn3cncn3)CC[C@]12C. The lowest BCUT2D eigenvalue weighted by molar-refractivity contribution is -0.173. The van der Waals surface area contributed by atoms with Crippen LogP contribution in [0.5, 0.6) is 0 Å². The van der Waals surface area contributed by atoms with Crippen LogP contribution in [0.25, 0.3) is 0 Å². The fraction of sp³-hybridized carbons (Fsp3) is 0.792. The molecule has 1 heterocycles. The van der Waals surface area contributed by atoms with Crippen LogP contribution in [0, 0.1) is 28.6 Å². The number of esters is 1. The summed E-state index contributed by atoms with van der Waals surface area (Å²) in [5.74, 6) is 0.860. The molecule has 4 rings (SSSR count). The molecule has 3 aliphatic carbocycles. The van der Waals surface area contributed by atoms with Crippen LogP contribution < -0.4 is 0 Å². The summed E-state index contributed by atoms with van der Waals surface area (Å²) in [4.78, 5) is 16.2. The summed E-state index contributed by atoms with van der Waals surface area (Å²) in [6.45, 7) is 11.4. The molecular formula is C24H37N3O3. The molecule has 30 heavy (non-hydrogen) atoms. The summed E-state index contributed by atoms with van der Waals surface area (Å²) in [5.41, 5.74) is 1.44. The summed E-state index contributed by atoms with van der Waals surface area (Å²) >= 11 is 0. The van der Waals surface area contributed by atoms with Crippen molar-refractivity contribution in [2.24, 2.45) is 28.6 Å². The van der Waals surface area contributed by atoms with Crippen molar-refractivity contribution in [2.45, 2.75) is 90.9 Å². The van der Waals surface area contributed by atoms with Gasteiger partial charge in [-0.1, -0.05) is 26.0 Å². The van der Waals surface area contributed by atoms with Crippen LogP contribution in [-0.4, -0.2) is 38.0 Å². The predicted octanol–water partition coefficient (Wildman–Crippen LogP) is 4.15. The third-order valence-corrected chi connectivity index (χ3v) is 8.98. The molecule has 1 N–H and O–H groups in total. The maximum atomic E-state index is 12.1. The monoisotopic (exact) mass is 415 g/mol. The smallest absolute Gasteiger partial charge is 0.302 e. The second-order valence-corrected chi connectivity index (χ2v) is 10.5. The number of aliphatic hydroxyl groups excluding tert-OH is 1. The number of hydrogen-bond acceptors (Lipinski definition) is 5. The van der Waals surface area contributed by atoms with Crippen LogP contribution in [0.15, 0.2) is 24.8 Å². The van der Waals surface area contributed by atoms with Crippen molar-refractivity contribution in [3.8, 4) is 0 Å². The zero-order chi connectivity index (χ0) is 21.5. The van der Waals surface area contributed by atoms with Crippen LogP contribution in [0.1, 0.15) is 72.1 Å². The molecule has 0 saturated heterocycles. The van der Waals surface area contributed by atoms with E-state index in [0.717, 1.165) is 57.9 Å². The summed E-state index contributed by atoms with van der Waals surface area (Å²) < 4.78 is 7.98. The van der Waals surface area contributed by atoms with Gasteiger partial charge in [0.2, 0.25) is 0 Å². The summed E-state index contributed by atoms with van der Waals surface area (Å²) in [7, 11) is 0. The highest BCUT2D eigenvalue weighted by atomic mass is 16.5. The Labute approximate surface area is 180 Å². The Bertz CT molecular complexity index is 779. The number of fused-ring (bicyclic) bond motifs is 1. The predicted molar refractivity (Wildman–Crippen MR) is 114 cm³/mol. The third-order valence-electron chi connectivity index (χ3n) is 8.98. The molecular weight excluding hydrogens is 378 g/mol. The van der Waals surface area contributed by atoms with Gasteiger partial charge in [0.15, 0.2) is 0 Å². The van der Waals surface area contributed by atoms with Crippen LogP contribution >= 0.6 is 0 Å². The van der Waals surface area contributed by atoms with Crippen LogP contribution in [0.2, 0.25) is 0 Å². The van der Waals surface area contributed by atoms with Gasteiger partial charge >= 0.3 is 5.97 Å². The molecule has 0 aliphatic heterocycles. The van der Waals surface area contributed by atoms with Crippen LogP contribution in [-0.2, 0) is 16.1 Å². The second-order valence-electron chi connectivity index (χ2n) is 10.5. The number of aromatic nitrogens is 3. The van der Waals surface area contributed by atoms with Crippen molar-refractivity contribution in [3.63, 3.8) is 0 Å². The summed E-state index contributed by atoms with van der Waals surface area (Å²) in [6, 6.07) is 0. The minimum Gasteiger partial charge on any atom is -0.462 e. The lowest BCUT2D eigenvalue weighted by atomic mass is 9.51. The highest BCUT2D eigenvalue weighted by molar-refractivity contribution is 5.66. The fourth-order valence-corrected chi connectivity index (χ4v) is 7.02. The number of ether oxygens (including phenoxy) is 1. The number of carbonyl (C=O) groups is 1. The van der Waals surface area contributed by atoms with Crippen molar-refractivity contribution in [3.05, 3.63) is 24.8 Å². The normalized spacial score (nSPS) is 41.5. The van der Waals surface area contributed by atoms with E-state index in [1.165, 1.54) is 5.57 Å². The maximum absolute atomic E-state index is 12.1. The molecule has 0 unspecified atom stereocenters. The van der Waals surface area contributed by atoms with Crippen molar-refractivity contribution in [1.29, 1.82) is 0 Å². The average Bonchev–Trinajstić information content (AvgIpc) is 3.31. The molecule has 0 bridgehead atoms. The van der Waals surface area contributed by atoms with E-state index < -0.39 is 0 Å². The number of aliphatic hydroxyl groups is 1. The number of rotatable bonds is 5. The number of carbonyl (C=O) groups excluding carboxylic acids is 1. The Morgan fingerprint density at radius 1 is 1.30 bits per heavy atom. The third kappa shape index (κ3) is 3.72. The van der Waals surface area contributed by atoms with Gasteiger partial charge in [0.1, 0.15) is 18.8 Å². The number of aryl methyl sites for hydroxylation is 1. The minimum atomic E-state index is -0.244. The Balaban J connectivity index is 1.61. The molecule has 1 aromatic heterocycles. The number of nitrogens with zero attached hydrogens (tertiary/aromatic N) is 3. The lowest BCUT2D eigenvalue weighted by Crippen LogP contribution is -2.54. The van der Waals surface area contributed by atoms with Crippen molar-refractivity contribution < 1.29 is 14.6 Å². The summed E-state index contributed by atoms with van der Waals surface area (Å²) in [6.07, 6.45) is 10.9. The molecule has 0 spiro atoms. The second kappa shape index (κ2) is 8.10. The summed E-state index contributed by atoms with van der Waals surface area (Å²) in [5, 5.41) is 14.7. The van der Waals surface area contributed by atoms with Gasteiger partial charge in [-0.2, -0.15) is 5.10 Å². The fourth-order valence-electron chi connectivity index (χ4n) is 7.02. The van der Waals surface area contributed by atoms with Gasteiger partial charge in [-0.3, -0.25) is 9.48 Å². The zero-order valence-electron chi connectivity index (χ0n) is 18.7. The van der Waals surface area contributed by atoms with E-state index in [4.69, 9.17) is 4.74 Å². The van der Waals surface area contributed by atoms with E-state index in [-0.39, 0.29) is 29.0 Å². The standard InChI is InChI=1S/C24H37N3O3/c1-16-5-6-20-22(30-17(2)28)21(8-11-23(16,20)3)24(4)10-7-19(29)13-18(24)9-12-27-15-25-14-26-27/h14-15,18-22,29H,1,5-13H2,2-4H3/t18-,19-,20+,21+,22-,23+,24-/m0/s1. The van der Waals surface area contributed by atoms with E-state index in [1.54, 1.807) is 19.6 Å². The molecule has 0 aromatic carbocycles. The van der Waals surface area contributed by atoms with Crippen molar-refractivity contribution in [2.75, 3.05) is 0 Å². The van der Waals surface area contributed by atoms with Crippen molar-refractivity contribution in [1.82, 2.24) is 14.8 Å². The molecule has 1 aromatic rings. The topological polar surface area (TPSA) is 77.2 Å². The Morgan fingerprint density at radius 2 is 2.10 bits per heavy atom. The molecule has 6 heteroatoms. The van der Waals surface area contributed by atoms with Crippen molar-refractivity contribution >= 4 is 5.97 Å². The Morgan fingerprint density at radius 3 is 2.80 bits per heavy atom. The quantitative estimate of drug-likeness (QED) is 0.577.